The summed E-state index contributed by atoms with van der Waals surface area (Å²) in [7, 11) is 0. The van der Waals surface area contributed by atoms with E-state index >= 15 is 0 Å². The van der Waals surface area contributed by atoms with Crippen LogP contribution in [0.3, 0.4) is 0 Å². The van der Waals surface area contributed by atoms with Gasteiger partial charge in [-0.3, -0.25) is 4.40 Å². The highest BCUT2D eigenvalue weighted by molar-refractivity contribution is 5.67. The second-order valence-electron chi connectivity index (χ2n) is 5.26. The summed E-state index contributed by atoms with van der Waals surface area (Å²) in [6, 6.07) is 15.2. The summed E-state index contributed by atoms with van der Waals surface area (Å²) in [5.74, 6) is 0. The smallest absolute Gasteiger partial charge is 0.137 e. The zero-order valence-electron chi connectivity index (χ0n) is 11.9. The number of aromatic nitrogens is 2. The predicted molar refractivity (Wildman–Crippen MR) is 82.6 cm³/mol. The number of rotatable bonds is 4. The normalized spacial score (nSPS) is 11.3. The van der Waals surface area contributed by atoms with Crippen LogP contribution in [0.5, 0.6) is 0 Å². The number of benzene rings is 1. The summed E-state index contributed by atoms with van der Waals surface area (Å²) in [6.45, 7) is 5.21. The van der Waals surface area contributed by atoms with Crippen molar-refractivity contribution in [2.24, 2.45) is 0 Å². The maximum Gasteiger partial charge on any atom is 0.137 e. The minimum absolute atomic E-state index is 0.479. The second kappa shape index (κ2) is 5.47. The Labute approximate surface area is 119 Å². The lowest BCUT2D eigenvalue weighted by atomic mass is 10.0. The van der Waals surface area contributed by atoms with Gasteiger partial charge in [-0.15, -0.1) is 0 Å². The second-order valence-corrected chi connectivity index (χ2v) is 5.26. The van der Waals surface area contributed by atoms with Gasteiger partial charge in [-0.2, -0.15) is 0 Å². The SMILES string of the molecule is CC(C)NCc1ccccc1-c1cccc2nccn12. The summed E-state index contributed by atoms with van der Waals surface area (Å²) in [6.07, 6.45) is 3.85. The van der Waals surface area contributed by atoms with Gasteiger partial charge in [-0.1, -0.05) is 44.2 Å². The fourth-order valence-corrected chi connectivity index (χ4v) is 2.41. The molecule has 0 aliphatic rings. The monoisotopic (exact) mass is 265 g/mol. The summed E-state index contributed by atoms with van der Waals surface area (Å²) < 4.78 is 2.13. The molecule has 102 valence electrons. The fourth-order valence-electron chi connectivity index (χ4n) is 2.41. The van der Waals surface area contributed by atoms with Crippen LogP contribution >= 0.6 is 0 Å². The van der Waals surface area contributed by atoms with E-state index in [9.17, 15) is 0 Å². The van der Waals surface area contributed by atoms with Crippen molar-refractivity contribution in [3.63, 3.8) is 0 Å². The molecule has 2 heterocycles. The van der Waals surface area contributed by atoms with E-state index in [2.05, 4.69) is 64.9 Å². The summed E-state index contributed by atoms with van der Waals surface area (Å²) in [5, 5.41) is 3.49. The van der Waals surface area contributed by atoms with Crippen molar-refractivity contribution in [2.45, 2.75) is 26.4 Å². The topological polar surface area (TPSA) is 29.3 Å². The molecule has 2 aromatic heterocycles. The van der Waals surface area contributed by atoms with Crippen LogP contribution in [-0.4, -0.2) is 15.4 Å². The minimum Gasteiger partial charge on any atom is -0.310 e. The molecule has 0 fully saturated rings. The Bertz CT molecular complexity index is 713. The number of hydrogen-bond donors (Lipinski definition) is 1. The largest absolute Gasteiger partial charge is 0.310 e. The van der Waals surface area contributed by atoms with Crippen LogP contribution in [0, 0.1) is 0 Å². The first-order valence-corrected chi connectivity index (χ1v) is 6.99. The Balaban J connectivity index is 2.07. The van der Waals surface area contributed by atoms with Gasteiger partial charge in [0.1, 0.15) is 5.65 Å². The lowest BCUT2D eigenvalue weighted by Crippen LogP contribution is -2.22. The Morgan fingerprint density at radius 2 is 1.95 bits per heavy atom. The van der Waals surface area contributed by atoms with Crippen LogP contribution in [0.1, 0.15) is 19.4 Å². The van der Waals surface area contributed by atoms with Crippen molar-refractivity contribution in [3.8, 4) is 11.3 Å². The highest BCUT2D eigenvalue weighted by Gasteiger charge is 2.08. The third-order valence-electron chi connectivity index (χ3n) is 3.42. The molecule has 0 aliphatic heterocycles. The number of imidazole rings is 1. The van der Waals surface area contributed by atoms with E-state index in [-0.39, 0.29) is 0 Å². The van der Waals surface area contributed by atoms with E-state index in [1.54, 1.807) is 0 Å². The third kappa shape index (κ3) is 2.45. The fraction of sp³-hybridized carbons (Fsp3) is 0.235. The molecule has 1 N–H and O–H groups in total. The highest BCUT2D eigenvalue weighted by atomic mass is 15.0. The van der Waals surface area contributed by atoms with Crippen molar-refractivity contribution in [2.75, 3.05) is 0 Å². The average Bonchev–Trinajstić information content (AvgIpc) is 2.93. The maximum absolute atomic E-state index is 4.36. The molecule has 1 aromatic carbocycles. The Morgan fingerprint density at radius 3 is 2.80 bits per heavy atom. The zero-order valence-corrected chi connectivity index (χ0v) is 11.9. The molecular formula is C17H19N3. The van der Waals surface area contributed by atoms with Crippen molar-refractivity contribution < 1.29 is 0 Å². The molecule has 20 heavy (non-hydrogen) atoms. The number of fused-ring (bicyclic) bond motifs is 1. The van der Waals surface area contributed by atoms with Crippen LogP contribution in [-0.2, 0) is 6.54 Å². The molecule has 3 rings (SSSR count). The molecule has 0 bridgehead atoms. The first-order valence-electron chi connectivity index (χ1n) is 6.99. The zero-order chi connectivity index (χ0) is 13.9. The summed E-state index contributed by atoms with van der Waals surface area (Å²) in [4.78, 5) is 4.36. The molecule has 3 heteroatoms. The molecule has 0 saturated heterocycles. The Kier molecular flexibility index (Phi) is 3.52. The van der Waals surface area contributed by atoms with Gasteiger partial charge in [-0.05, 0) is 17.7 Å². The van der Waals surface area contributed by atoms with Crippen molar-refractivity contribution in [3.05, 3.63) is 60.4 Å². The van der Waals surface area contributed by atoms with Gasteiger partial charge in [0, 0.05) is 30.5 Å². The van der Waals surface area contributed by atoms with Gasteiger partial charge < -0.3 is 5.32 Å². The third-order valence-corrected chi connectivity index (χ3v) is 3.42. The van der Waals surface area contributed by atoms with Gasteiger partial charge >= 0.3 is 0 Å². The molecule has 3 aromatic rings. The van der Waals surface area contributed by atoms with Crippen LogP contribution in [0.15, 0.2) is 54.9 Å². The standard InChI is InChI=1S/C17H19N3/c1-13(2)19-12-14-6-3-4-7-15(14)16-8-5-9-17-18-10-11-20(16)17/h3-11,13,19H,12H2,1-2H3. The first kappa shape index (κ1) is 12.9. The molecule has 0 spiro atoms. The van der Waals surface area contributed by atoms with Gasteiger partial charge in [0.15, 0.2) is 0 Å². The number of hydrogen-bond acceptors (Lipinski definition) is 2. The molecule has 0 atom stereocenters. The van der Waals surface area contributed by atoms with Crippen LogP contribution in [0.2, 0.25) is 0 Å². The molecule has 3 nitrogen and oxygen atoms in total. The average molecular weight is 265 g/mol. The molecule has 0 aliphatic carbocycles. The van der Waals surface area contributed by atoms with E-state index in [4.69, 9.17) is 0 Å². The molecule has 0 saturated carbocycles. The Morgan fingerprint density at radius 1 is 1.10 bits per heavy atom. The van der Waals surface area contributed by atoms with Crippen molar-refractivity contribution >= 4 is 5.65 Å². The molecular weight excluding hydrogens is 246 g/mol. The van der Waals surface area contributed by atoms with Gasteiger partial charge in [0.25, 0.3) is 0 Å². The lowest BCUT2D eigenvalue weighted by molar-refractivity contribution is 0.589. The van der Waals surface area contributed by atoms with Crippen LogP contribution < -0.4 is 5.32 Å². The van der Waals surface area contributed by atoms with E-state index in [1.165, 1.54) is 16.8 Å². The van der Waals surface area contributed by atoms with Crippen LogP contribution in [0.4, 0.5) is 0 Å². The highest BCUT2D eigenvalue weighted by Crippen LogP contribution is 2.24. The maximum atomic E-state index is 4.36. The number of nitrogens with zero attached hydrogens (tertiary/aromatic N) is 2. The van der Waals surface area contributed by atoms with Crippen LogP contribution in [0.25, 0.3) is 16.9 Å². The van der Waals surface area contributed by atoms with E-state index in [0.29, 0.717) is 6.04 Å². The van der Waals surface area contributed by atoms with E-state index in [0.717, 1.165) is 12.2 Å². The summed E-state index contributed by atoms with van der Waals surface area (Å²) >= 11 is 0. The Hall–Kier alpha value is -2.13. The molecule has 0 unspecified atom stereocenters. The first-order chi connectivity index (χ1) is 9.75. The summed E-state index contributed by atoms with van der Waals surface area (Å²) in [5.41, 5.74) is 4.72. The minimum atomic E-state index is 0.479. The van der Waals surface area contributed by atoms with Gasteiger partial charge in [0.05, 0.1) is 5.69 Å². The number of pyridine rings is 1. The van der Waals surface area contributed by atoms with Gasteiger partial charge in [0.2, 0.25) is 0 Å². The van der Waals surface area contributed by atoms with E-state index < -0.39 is 0 Å². The van der Waals surface area contributed by atoms with Crippen molar-refractivity contribution in [1.82, 2.24) is 14.7 Å². The number of nitrogens with one attached hydrogen (secondary N) is 1. The molecule has 0 amide bonds. The van der Waals surface area contributed by atoms with Crippen molar-refractivity contribution in [1.29, 1.82) is 0 Å². The lowest BCUT2D eigenvalue weighted by Gasteiger charge is -2.14. The quantitative estimate of drug-likeness (QED) is 0.782. The van der Waals surface area contributed by atoms with E-state index in [1.807, 2.05) is 18.5 Å². The predicted octanol–water partition coefficient (Wildman–Crippen LogP) is 3.50. The molecule has 0 radical (unpaired) electrons. The van der Waals surface area contributed by atoms with Gasteiger partial charge in [-0.25, -0.2) is 4.98 Å².